The van der Waals surface area contributed by atoms with Gasteiger partial charge in [-0.15, -0.1) is 11.3 Å². The Morgan fingerprint density at radius 3 is 2.72 bits per heavy atom. The highest BCUT2D eigenvalue weighted by atomic mass is 32.2. The van der Waals surface area contributed by atoms with Gasteiger partial charge in [-0.05, 0) is 38.5 Å². The van der Waals surface area contributed by atoms with E-state index in [2.05, 4.69) is 9.55 Å². The molecule has 0 aliphatic heterocycles. The predicted molar refractivity (Wildman–Crippen MR) is 101 cm³/mol. The summed E-state index contributed by atoms with van der Waals surface area (Å²) < 4.78 is 2.20. The highest BCUT2D eigenvalue weighted by molar-refractivity contribution is 7.99. The Kier molecular flexibility index (Phi) is 4.86. The van der Waals surface area contributed by atoms with Crippen LogP contribution < -0.4 is 5.43 Å². The first-order chi connectivity index (χ1) is 12.1. The van der Waals surface area contributed by atoms with Crippen LogP contribution in [-0.2, 0) is 17.6 Å². The van der Waals surface area contributed by atoms with Gasteiger partial charge in [-0.3, -0.25) is 9.59 Å². The van der Waals surface area contributed by atoms with Gasteiger partial charge in [-0.2, -0.15) is 0 Å². The zero-order valence-corrected chi connectivity index (χ0v) is 15.8. The molecular formula is C18H22N2O3S2. The number of carbonyl (C=O) groups is 1. The molecule has 0 saturated heterocycles. The van der Waals surface area contributed by atoms with E-state index in [0.29, 0.717) is 16.7 Å². The molecule has 1 N–H and O–H groups in total. The van der Waals surface area contributed by atoms with Gasteiger partial charge in [-0.25, -0.2) is 4.98 Å². The summed E-state index contributed by atoms with van der Waals surface area (Å²) in [7, 11) is 0. The molecule has 134 valence electrons. The number of aryl methyl sites for hydroxylation is 1. The largest absolute Gasteiger partial charge is 0.481 e. The number of thioether (sulfide) groups is 1. The van der Waals surface area contributed by atoms with Crippen LogP contribution in [-0.4, -0.2) is 26.4 Å². The maximum absolute atomic E-state index is 13.0. The molecule has 5 nitrogen and oxygen atoms in total. The van der Waals surface area contributed by atoms with E-state index in [-0.39, 0.29) is 11.2 Å². The quantitative estimate of drug-likeness (QED) is 0.814. The van der Waals surface area contributed by atoms with Crippen molar-refractivity contribution in [3.05, 3.63) is 20.7 Å². The Morgan fingerprint density at radius 2 is 1.96 bits per heavy atom. The summed E-state index contributed by atoms with van der Waals surface area (Å²) in [6.45, 7) is 0. The number of nitrogens with zero attached hydrogens (tertiary/aromatic N) is 2. The summed E-state index contributed by atoms with van der Waals surface area (Å²) in [5.74, 6) is -0.869. The van der Waals surface area contributed by atoms with Crippen LogP contribution >= 0.6 is 23.1 Å². The van der Waals surface area contributed by atoms with Crippen LogP contribution in [0.4, 0.5) is 0 Å². The van der Waals surface area contributed by atoms with E-state index in [0.717, 1.165) is 48.9 Å². The average molecular weight is 379 g/mol. The lowest BCUT2D eigenvalue weighted by molar-refractivity contribution is -0.133. The fourth-order valence-corrected chi connectivity index (χ4v) is 6.24. The fraction of sp³-hybridized carbons (Fsp3) is 0.611. The first-order valence-electron chi connectivity index (χ1n) is 9.06. The fourth-order valence-electron chi connectivity index (χ4n) is 4.02. The van der Waals surface area contributed by atoms with E-state index in [1.54, 1.807) is 11.3 Å². The lowest BCUT2D eigenvalue weighted by atomic mass is 9.95. The molecule has 2 heterocycles. The maximum atomic E-state index is 13.0. The van der Waals surface area contributed by atoms with Crippen LogP contribution in [0.5, 0.6) is 0 Å². The number of aromatic nitrogens is 2. The van der Waals surface area contributed by atoms with Crippen LogP contribution in [0.15, 0.2) is 9.95 Å². The molecule has 7 heteroatoms. The zero-order chi connectivity index (χ0) is 17.4. The highest BCUT2D eigenvalue weighted by Crippen LogP contribution is 2.38. The molecule has 0 radical (unpaired) electrons. The maximum Gasteiger partial charge on any atom is 0.313 e. The number of aliphatic carboxylic acids is 1. The predicted octanol–water partition coefficient (Wildman–Crippen LogP) is 4.02. The van der Waals surface area contributed by atoms with Crippen LogP contribution in [0.25, 0.3) is 10.3 Å². The summed E-state index contributed by atoms with van der Waals surface area (Å²) in [6.07, 6.45) is 9.87. The monoisotopic (exact) mass is 378 g/mol. The van der Waals surface area contributed by atoms with Crippen LogP contribution in [0.1, 0.15) is 61.4 Å². The summed E-state index contributed by atoms with van der Waals surface area (Å²) in [5.41, 5.74) is 1.59. The van der Waals surface area contributed by atoms with E-state index < -0.39 is 5.97 Å². The standard InChI is InChI=1S/C18H22N2O3S2/c21-14(22)10-24-18-19-15-16(23)12-8-4-5-9-13(12)25-17(15)20(18)11-6-2-1-3-7-11/h11H,1-10H2,(H,21,22). The summed E-state index contributed by atoms with van der Waals surface area (Å²) >= 11 is 2.96. The normalized spacial score (nSPS) is 18.4. The van der Waals surface area contributed by atoms with Crippen LogP contribution in [0.3, 0.4) is 0 Å². The molecule has 0 bridgehead atoms. The first-order valence-corrected chi connectivity index (χ1v) is 10.9. The molecule has 2 aromatic heterocycles. The molecular weight excluding hydrogens is 356 g/mol. The molecule has 25 heavy (non-hydrogen) atoms. The van der Waals surface area contributed by atoms with Gasteiger partial charge in [0.05, 0.1) is 5.75 Å². The molecule has 2 aliphatic carbocycles. The lowest BCUT2D eigenvalue weighted by Gasteiger charge is -2.25. The molecule has 0 amide bonds. The SMILES string of the molecule is O=C(O)CSc1nc2c(=O)c3c(sc2n1C1CCCCC1)CCCC3. The minimum Gasteiger partial charge on any atom is -0.481 e. The van der Waals surface area contributed by atoms with Crippen molar-refractivity contribution >= 4 is 39.4 Å². The first kappa shape index (κ1) is 17.1. The minimum atomic E-state index is -0.849. The lowest BCUT2D eigenvalue weighted by Crippen LogP contribution is -2.17. The molecule has 0 atom stereocenters. The second-order valence-electron chi connectivity index (χ2n) is 6.93. The van der Waals surface area contributed by atoms with E-state index >= 15 is 0 Å². The van der Waals surface area contributed by atoms with Crippen molar-refractivity contribution in [1.82, 2.24) is 9.55 Å². The van der Waals surface area contributed by atoms with Crippen molar-refractivity contribution in [3.63, 3.8) is 0 Å². The molecule has 1 saturated carbocycles. The highest BCUT2D eigenvalue weighted by Gasteiger charge is 2.26. The summed E-state index contributed by atoms with van der Waals surface area (Å²) in [6, 6.07) is 0.340. The third-order valence-corrected chi connectivity index (χ3v) is 7.44. The molecule has 0 spiro atoms. The van der Waals surface area contributed by atoms with Crippen molar-refractivity contribution in [2.45, 2.75) is 69.0 Å². The van der Waals surface area contributed by atoms with Crippen molar-refractivity contribution in [2.24, 2.45) is 0 Å². The van der Waals surface area contributed by atoms with Gasteiger partial charge in [0.1, 0.15) is 10.3 Å². The van der Waals surface area contributed by atoms with E-state index in [1.807, 2.05) is 0 Å². The third-order valence-electron chi connectivity index (χ3n) is 5.23. The van der Waals surface area contributed by atoms with E-state index in [4.69, 9.17) is 5.11 Å². The van der Waals surface area contributed by atoms with Crippen molar-refractivity contribution < 1.29 is 9.90 Å². The number of carboxylic acids is 1. The molecule has 2 aromatic rings. The van der Waals surface area contributed by atoms with E-state index in [1.165, 1.54) is 35.9 Å². The number of rotatable bonds is 4. The Balaban J connectivity index is 1.87. The molecule has 1 fully saturated rings. The number of carboxylic acid groups (broad SMARTS) is 1. The van der Waals surface area contributed by atoms with Crippen LogP contribution in [0, 0.1) is 0 Å². The van der Waals surface area contributed by atoms with Gasteiger partial charge in [0, 0.05) is 16.5 Å². The van der Waals surface area contributed by atoms with Gasteiger partial charge >= 0.3 is 5.97 Å². The number of hydrogen-bond donors (Lipinski definition) is 1. The smallest absolute Gasteiger partial charge is 0.313 e. The van der Waals surface area contributed by atoms with Gasteiger partial charge < -0.3 is 9.67 Å². The van der Waals surface area contributed by atoms with Crippen LogP contribution in [0.2, 0.25) is 0 Å². The van der Waals surface area contributed by atoms with Gasteiger partial charge in [0.2, 0.25) is 5.43 Å². The van der Waals surface area contributed by atoms with Gasteiger partial charge in [-0.1, -0.05) is 31.0 Å². The number of imidazole rings is 1. The summed E-state index contributed by atoms with van der Waals surface area (Å²) in [5, 5.41) is 9.77. The second-order valence-corrected chi connectivity index (χ2v) is 8.96. The Morgan fingerprint density at radius 1 is 1.20 bits per heavy atom. The Hall–Kier alpha value is -1.34. The molecule has 0 aromatic carbocycles. The Bertz CT molecular complexity index is 865. The molecule has 4 rings (SSSR count). The van der Waals surface area contributed by atoms with Gasteiger partial charge in [0.25, 0.3) is 0 Å². The number of hydrogen-bond acceptors (Lipinski definition) is 5. The zero-order valence-electron chi connectivity index (χ0n) is 14.1. The Labute approximate surface area is 154 Å². The van der Waals surface area contributed by atoms with E-state index in [9.17, 15) is 9.59 Å². The second kappa shape index (κ2) is 7.11. The minimum absolute atomic E-state index is 0.0192. The third kappa shape index (κ3) is 3.24. The van der Waals surface area contributed by atoms with Gasteiger partial charge in [0.15, 0.2) is 5.16 Å². The number of fused-ring (bicyclic) bond motifs is 2. The van der Waals surface area contributed by atoms with Crippen molar-refractivity contribution in [3.8, 4) is 0 Å². The summed E-state index contributed by atoms with van der Waals surface area (Å²) in [4.78, 5) is 30.8. The van der Waals surface area contributed by atoms with Crippen molar-refractivity contribution in [1.29, 1.82) is 0 Å². The molecule has 2 aliphatic rings. The topological polar surface area (TPSA) is 72.2 Å². The van der Waals surface area contributed by atoms with Crippen molar-refractivity contribution in [2.75, 3.05) is 5.75 Å². The molecule has 0 unspecified atom stereocenters. The average Bonchev–Trinajstić information content (AvgIpc) is 2.99.